The van der Waals surface area contributed by atoms with Crippen LogP contribution in [-0.2, 0) is 11.3 Å². The van der Waals surface area contributed by atoms with Crippen LogP contribution in [0.4, 0.5) is 11.5 Å². The highest BCUT2D eigenvalue weighted by atomic mass is 16.5. The van der Waals surface area contributed by atoms with Crippen LogP contribution in [0.3, 0.4) is 0 Å². The van der Waals surface area contributed by atoms with Crippen LogP contribution in [0.25, 0.3) is 5.69 Å². The number of anilines is 2. The fraction of sp³-hybridized carbons (Fsp3) is 0.238. The number of hydrogen-bond donors (Lipinski definition) is 1. The van der Waals surface area contributed by atoms with Crippen LogP contribution >= 0.6 is 0 Å². The molecule has 0 unspecified atom stereocenters. The zero-order valence-corrected chi connectivity index (χ0v) is 17.0. The maximum Gasteiger partial charge on any atom is 0.255 e. The van der Waals surface area contributed by atoms with Crippen molar-refractivity contribution < 1.29 is 14.3 Å². The fourth-order valence-electron chi connectivity index (χ4n) is 3.28. The van der Waals surface area contributed by atoms with E-state index in [4.69, 9.17) is 4.74 Å². The Morgan fingerprint density at radius 1 is 1.30 bits per heavy atom. The van der Waals surface area contributed by atoms with Gasteiger partial charge in [-0.15, -0.1) is 0 Å². The molecule has 4 rings (SSSR count). The molecule has 3 heterocycles. The molecule has 0 saturated carbocycles. The monoisotopic (exact) mass is 406 g/mol. The highest BCUT2D eigenvalue weighted by Crippen LogP contribution is 2.27. The summed E-state index contributed by atoms with van der Waals surface area (Å²) in [4.78, 5) is 32.2. The van der Waals surface area contributed by atoms with Gasteiger partial charge < -0.3 is 19.9 Å². The molecule has 1 aliphatic heterocycles. The Morgan fingerprint density at radius 2 is 2.13 bits per heavy atom. The van der Waals surface area contributed by atoms with E-state index in [0.29, 0.717) is 23.6 Å². The van der Waals surface area contributed by atoms with Gasteiger partial charge >= 0.3 is 0 Å². The van der Waals surface area contributed by atoms with Gasteiger partial charge in [-0.2, -0.15) is 5.10 Å². The van der Waals surface area contributed by atoms with Crippen molar-refractivity contribution in [2.75, 3.05) is 38.0 Å². The summed E-state index contributed by atoms with van der Waals surface area (Å²) in [7, 11) is 5.01. The SMILES string of the molecule is COc1cccc(-n2cc(CN(C)C(=O)c3cnc4c(c3)N(C)C(=O)CN4)cn2)c1. The Hall–Kier alpha value is -3.88. The molecule has 0 atom stereocenters. The molecule has 9 nitrogen and oxygen atoms in total. The minimum atomic E-state index is -0.189. The Bertz CT molecular complexity index is 1110. The average molecular weight is 406 g/mol. The van der Waals surface area contributed by atoms with Crippen LogP contribution in [0.15, 0.2) is 48.9 Å². The van der Waals surface area contributed by atoms with Gasteiger partial charge in [0.05, 0.1) is 36.8 Å². The van der Waals surface area contributed by atoms with Crippen LogP contribution in [-0.4, -0.2) is 59.2 Å². The van der Waals surface area contributed by atoms with Crippen LogP contribution in [0, 0.1) is 0 Å². The number of pyridine rings is 1. The van der Waals surface area contributed by atoms with Gasteiger partial charge in [0.25, 0.3) is 5.91 Å². The number of benzene rings is 1. The molecule has 2 aromatic heterocycles. The normalized spacial score (nSPS) is 12.9. The number of rotatable bonds is 5. The maximum atomic E-state index is 12.9. The Morgan fingerprint density at radius 3 is 2.93 bits per heavy atom. The number of carbonyl (C=O) groups excluding carboxylic acids is 2. The molecule has 0 aliphatic carbocycles. The average Bonchev–Trinajstić information content (AvgIpc) is 3.24. The Kier molecular flexibility index (Phi) is 5.09. The number of carbonyl (C=O) groups is 2. The van der Waals surface area contributed by atoms with Crippen molar-refractivity contribution in [3.05, 3.63) is 60.0 Å². The molecule has 0 fully saturated rings. The summed E-state index contributed by atoms with van der Waals surface area (Å²) >= 11 is 0. The molecule has 0 saturated heterocycles. The molecular formula is C21H22N6O3. The topological polar surface area (TPSA) is 92.6 Å². The number of hydrogen-bond acceptors (Lipinski definition) is 6. The third kappa shape index (κ3) is 3.69. The standard InChI is InChI=1S/C21H22N6O3/c1-25(12-14-9-24-27(13-14)16-5-4-6-17(8-16)30-3)21(29)15-7-18-20(22-10-15)23-11-19(28)26(18)2/h4-10,13H,11-12H2,1-3H3,(H,22,23). The number of methoxy groups -OCH3 is 1. The summed E-state index contributed by atoms with van der Waals surface area (Å²) < 4.78 is 6.99. The summed E-state index contributed by atoms with van der Waals surface area (Å²) in [6.07, 6.45) is 5.12. The van der Waals surface area contributed by atoms with Crippen LogP contribution < -0.4 is 15.0 Å². The molecule has 1 aliphatic rings. The summed E-state index contributed by atoms with van der Waals surface area (Å²) in [5, 5.41) is 7.34. The first-order chi connectivity index (χ1) is 14.5. The lowest BCUT2D eigenvalue weighted by Crippen LogP contribution is -2.37. The quantitative estimate of drug-likeness (QED) is 0.696. The summed E-state index contributed by atoms with van der Waals surface area (Å²) in [6, 6.07) is 9.26. The second-order valence-corrected chi connectivity index (χ2v) is 7.05. The van der Waals surface area contributed by atoms with Crippen molar-refractivity contribution in [3.63, 3.8) is 0 Å². The highest BCUT2D eigenvalue weighted by Gasteiger charge is 2.24. The molecule has 0 spiro atoms. The summed E-state index contributed by atoms with van der Waals surface area (Å²) in [6.45, 7) is 0.577. The van der Waals surface area contributed by atoms with Gasteiger partial charge in [0.15, 0.2) is 0 Å². The molecule has 1 aromatic carbocycles. The van der Waals surface area contributed by atoms with Crippen molar-refractivity contribution in [2.45, 2.75) is 6.54 Å². The van der Waals surface area contributed by atoms with E-state index in [1.54, 1.807) is 43.1 Å². The lowest BCUT2D eigenvalue weighted by atomic mass is 10.2. The van der Waals surface area contributed by atoms with Crippen LogP contribution in [0.5, 0.6) is 5.75 Å². The zero-order valence-electron chi connectivity index (χ0n) is 17.0. The second-order valence-electron chi connectivity index (χ2n) is 7.05. The first kappa shape index (κ1) is 19.4. The molecule has 3 aromatic rings. The molecule has 154 valence electrons. The predicted octanol–water partition coefficient (Wildman–Crippen LogP) is 1.94. The molecule has 0 radical (unpaired) electrons. The predicted molar refractivity (Wildman–Crippen MR) is 112 cm³/mol. The van der Waals surface area contributed by atoms with Gasteiger partial charge in [0.1, 0.15) is 11.6 Å². The molecule has 9 heteroatoms. The van der Waals surface area contributed by atoms with E-state index in [0.717, 1.165) is 17.0 Å². The van der Waals surface area contributed by atoms with E-state index in [9.17, 15) is 9.59 Å². The van der Waals surface area contributed by atoms with E-state index in [2.05, 4.69) is 15.4 Å². The lowest BCUT2D eigenvalue weighted by molar-refractivity contribution is -0.116. The van der Waals surface area contributed by atoms with Crippen LogP contribution in [0.1, 0.15) is 15.9 Å². The van der Waals surface area contributed by atoms with Crippen LogP contribution in [0.2, 0.25) is 0 Å². The number of aromatic nitrogens is 3. The van der Waals surface area contributed by atoms with E-state index >= 15 is 0 Å². The minimum Gasteiger partial charge on any atom is -0.497 e. The number of ether oxygens (including phenoxy) is 1. The molecule has 0 bridgehead atoms. The van der Waals surface area contributed by atoms with Crippen molar-refractivity contribution >= 4 is 23.3 Å². The lowest BCUT2D eigenvalue weighted by Gasteiger charge is -2.26. The van der Waals surface area contributed by atoms with Gasteiger partial charge in [0.2, 0.25) is 5.91 Å². The van der Waals surface area contributed by atoms with E-state index in [1.807, 2.05) is 30.5 Å². The van der Waals surface area contributed by atoms with E-state index < -0.39 is 0 Å². The Labute approximate surface area is 173 Å². The maximum absolute atomic E-state index is 12.9. The minimum absolute atomic E-state index is 0.0767. The second kappa shape index (κ2) is 7.86. The first-order valence-corrected chi connectivity index (χ1v) is 9.40. The third-order valence-corrected chi connectivity index (χ3v) is 4.98. The smallest absolute Gasteiger partial charge is 0.255 e. The molecule has 2 amide bonds. The van der Waals surface area contributed by atoms with E-state index in [-0.39, 0.29) is 18.4 Å². The highest BCUT2D eigenvalue weighted by molar-refractivity contribution is 6.03. The summed E-state index contributed by atoms with van der Waals surface area (Å²) in [5.41, 5.74) is 2.76. The molecule has 1 N–H and O–H groups in total. The molecular weight excluding hydrogens is 384 g/mol. The van der Waals surface area contributed by atoms with Gasteiger partial charge in [-0.25, -0.2) is 9.67 Å². The molecule has 30 heavy (non-hydrogen) atoms. The van der Waals surface area contributed by atoms with Gasteiger partial charge in [-0.1, -0.05) is 6.07 Å². The van der Waals surface area contributed by atoms with Crippen molar-refractivity contribution in [2.24, 2.45) is 0 Å². The van der Waals surface area contributed by atoms with Gasteiger partial charge in [-0.05, 0) is 18.2 Å². The Balaban J connectivity index is 1.49. The van der Waals surface area contributed by atoms with Crippen molar-refractivity contribution in [3.8, 4) is 11.4 Å². The number of likely N-dealkylation sites (N-methyl/N-ethyl adjacent to an activating group) is 1. The number of nitrogens with one attached hydrogen (secondary N) is 1. The zero-order chi connectivity index (χ0) is 21.3. The van der Waals surface area contributed by atoms with E-state index in [1.165, 1.54) is 11.1 Å². The number of fused-ring (bicyclic) bond motifs is 1. The number of nitrogens with zero attached hydrogens (tertiary/aromatic N) is 5. The van der Waals surface area contributed by atoms with Crippen molar-refractivity contribution in [1.29, 1.82) is 0 Å². The number of amides is 2. The van der Waals surface area contributed by atoms with Gasteiger partial charge in [-0.3, -0.25) is 9.59 Å². The largest absolute Gasteiger partial charge is 0.497 e. The van der Waals surface area contributed by atoms with Crippen molar-refractivity contribution in [1.82, 2.24) is 19.7 Å². The summed E-state index contributed by atoms with van der Waals surface area (Å²) in [5.74, 6) is 1.07. The van der Waals surface area contributed by atoms with Gasteiger partial charge in [0, 0.05) is 44.7 Å². The first-order valence-electron chi connectivity index (χ1n) is 9.40. The fourth-order valence-corrected chi connectivity index (χ4v) is 3.28. The third-order valence-electron chi connectivity index (χ3n) is 4.98.